The van der Waals surface area contributed by atoms with Gasteiger partial charge in [-0.1, -0.05) is 31.6 Å². The molecule has 0 spiro atoms. The molecule has 1 fully saturated rings. The zero-order valence-corrected chi connectivity index (χ0v) is 14.0. The average Bonchev–Trinajstić information content (AvgIpc) is 2.54. The van der Waals surface area contributed by atoms with Gasteiger partial charge in [0.1, 0.15) is 5.82 Å². The van der Waals surface area contributed by atoms with Gasteiger partial charge in [0.05, 0.1) is 0 Å². The van der Waals surface area contributed by atoms with E-state index in [1.807, 2.05) is 24.4 Å². The lowest BCUT2D eigenvalue weighted by Gasteiger charge is -2.29. The molecule has 0 amide bonds. The van der Waals surface area contributed by atoms with Crippen LogP contribution in [0.25, 0.3) is 0 Å². The highest BCUT2D eigenvalue weighted by molar-refractivity contribution is 5.32. The van der Waals surface area contributed by atoms with E-state index in [0.717, 1.165) is 24.8 Å². The predicted octanol–water partition coefficient (Wildman–Crippen LogP) is 4.39. The van der Waals surface area contributed by atoms with Gasteiger partial charge in [-0.2, -0.15) is 0 Å². The van der Waals surface area contributed by atoms with Crippen LogP contribution in [-0.4, -0.2) is 24.1 Å². The lowest BCUT2D eigenvalue weighted by Crippen LogP contribution is -2.36. The van der Waals surface area contributed by atoms with Gasteiger partial charge in [0.2, 0.25) is 0 Å². The molecule has 1 saturated carbocycles. The van der Waals surface area contributed by atoms with E-state index >= 15 is 0 Å². The zero-order valence-electron chi connectivity index (χ0n) is 14.0. The first-order chi connectivity index (χ1) is 10.8. The summed E-state index contributed by atoms with van der Waals surface area (Å²) in [5.74, 6) is 1.84. The van der Waals surface area contributed by atoms with Gasteiger partial charge < -0.3 is 10.6 Å². The van der Waals surface area contributed by atoms with Gasteiger partial charge in [-0.15, -0.1) is 0 Å². The average molecular weight is 301 g/mol. The van der Waals surface area contributed by atoms with Crippen molar-refractivity contribution in [1.29, 1.82) is 0 Å². The van der Waals surface area contributed by atoms with E-state index in [2.05, 4.69) is 29.1 Å². The number of hydrogen-bond acceptors (Lipinski definition) is 3. The quantitative estimate of drug-likeness (QED) is 0.525. The maximum absolute atomic E-state index is 4.27. The van der Waals surface area contributed by atoms with Crippen molar-refractivity contribution >= 4 is 5.82 Å². The summed E-state index contributed by atoms with van der Waals surface area (Å²) in [6.45, 7) is 8.40. The molecule has 22 heavy (non-hydrogen) atoms. The summed E-state index contributed by atoms with van der Waals surface area (Å²) in [4.78, 5) is 4.27. The second-order valence-electron chi connectivity index (χ2n) is 6.52. The molecule has 0 bridgehead atoms. The van der Waals surface area contributed by atoms with Crippen molar-refractivity contribution in [1.82, 2.24) is 10.3 Å². The molecule has 2 rings (SSSR count). The Hall–Kier alpha value is -1.35. The van der Waals surface area contributed by atoms with Crippen molar-refractivity contribution in [2.24, 2.45) is 5.92 Å². The standard InChI is InChI=1S/C19H31N3/c1-3-6-16(2)15-17-8-10-18(11-9-17)20-13-14-22-19-7-4-5-12-21-19/h4-5,7,12,17-18,20H,2-3,6,8-11,13-15H2,1H3,(H,21,22). The number of pyridine rings is 1. The van der Waals surface area contributed by atoms with E-state index < -0.39 is 0 Å². The van der Waals surface area contributed by atoms with Crippen molar-refractivity contribution < 1.29 is 0 Å². The number of anilines is 1. The maximum Gasteiger partial charge on any atom is 0.125 e. The minimum Gasteiger partial charge on any atom is -0.369 e. The molecule has 3 heteroatoms. The number of hydrogen-bond donors (Lipinski definition) is 2. The third-order valence-electron chi connectivity index (χ3n) is 4.56. The number of allylic oxidation sites excluding steroid dienone is 1. The molecular formula is C19H31N3. The minimum absolute atomic E-state index is 0.696. The Morgan fingerprint density at radius 3 is 2.73 bits per heavy atom. The summed E-state index contributed by atoms with van der Waals surface area (Å²) in [7, 11) is 0. The first-order valence-electron chi connectivity index (χ1n) is 8.83. The second-order valence-corrected chi connectivity index (χ2v) is 6.52. The minimum atomic E-state index is 0.696. The maximum atomic E-state index is 4.27. The van der Waals surface area contributed by atoms with Crippen LogP contribution in [0.1, 0.15) is 51.9 Å². The fraction of sp³-hybridized carbons (Fsp3) is 0.632. The highest BCUT2D eigenvalue weighted by Gasteiger charge is 2.20. The largest absolute Gasteiger partial charge is 0.369 e. The number of nitrogens with zero attached hydrogens (tertiary/aromatic N) is 1. The smallest absolute Gasteiger partial charge is 0.125 e. The van der Waals surface area contributed by atoms with Crippen molar-refractivity contribution in [3.8, 4) is 0 Å². The van der Waals surface area contributed by atoms with Gasteiger partial charge in [-0.05, 0) is 56.6 Å². The van der Waals surface area contributed by atoms with Gasteiger partial charge in [0.15, 0.2) is 0 Å². The normalized spacial score (nSPS) is 21.5. The Labute approximate surface area is 135 Å². The highest BCUT2D eigenvalue weighted by Crippen LogP contribution is 2.29. The predicted molar refractivity (Wildman–Crippen MR) is 95.1 cm³/mol. The first kappa shape index (κ1) is 17.0. The third kappa shape index (κ3) is 6.18. The van der Waals surface area contributed by atoms with Crippen LogP contribution in [0.5, 0.6) is 0 Å². The molecule has 0 radical (unpaired) electrons. The van der Waals surface area contributed by atoms with Gasteiger partial charge >= 0.3 is 0 Å². The molecule has 122 valence electrons. The second kappa shape index (κ2) is 9.62. The molecule has 1 heterocycles. The molecule has 0 unspecified atom stereocenters. The van der Waals surface area contributed by atoms with Crippen LogP contribution in [0.3, 0.4) is 0 Å². The fourth-order valence-electron chi connectivity index (χ4n) is 3.37. The molecule has 3 nitrogen and oxygen atoms in total. The SMILES string of the molecule is C=C(CCC)CC1CCC(NCCNc2ccccn2)CC1. The molecule has 1 aromatic rings. The Morgan fingerprint density at radius 2 is 2.05 bits per heavy atom. The van der Waals surface area contributed by atoms with E-state index in [4.69, 9.17) is 0 Å². The topological polar surface area (TPSA) is 37.0 Å². The molecule has 0 atom stereocenters. The number of nitrogens with one attached hydrogen (secondary N) is 2. The van der Waals surface area contributed by atoms with E-state index in [9.17, 15) is 0 Å². The van der Waals surface area contributed by atoms with Crippen LogP contribution in [0.2, 0.25) is 0 Å². The molecule has 1 aromatic heterocycles. The van der Waals surface area contributed by atoms with Gasteiger partial charge in [0.25, 0.3) is 0 Å². The van der Waals surface area contributed by atoms with E-state index in [0.29, 0.717) is 6.04 Å². The lowest BCUT2D eigenvalue weighted by atomic mass is 9.82. The fourth-order valence-corrected chi connectivity index (χ4v) is 3.37. The molecule has 0 saturated heterocycles. The molecular weight excluding hydrogens is 270 g/mol. The van der Waals surface area contributed by atoms with E-state index in [-0.39, 0.29) is 0 Å². The van der Waals surface area contributed by atoms with Crippen LogP contribution in [-0.2, 0) is 0 Å². The summed E-state index contributed by atoms with van der Waals surface area (Å²) in [5, 5.41) is 7.03. The van der Waals surface area contributed by atoms with Crippen LogP contribution in [0.4, 0.5) is 5.82 Å². The van der Waals surface area contributed by atoms with E-state index in [1.54, 1.807) is 0 Å². The first-order valence-corrected chi connectivity index (χ1v) is 8.83. The van der Waals surface area contributed by atoms with Crippen LogP contribution in [0, 0.1) is 5.92 Å². The summed E-state index contributed by atoms with van der Waals surface area (Å²) >= 11 is 0. The molecule has 1 aliphatic rings. The van der Waals surface area contributed by atoms with E-state index in [1.165, 1.54) is 50.5 Å². The molecule has 2 N–H and O–H groups in total. The number of aromatic nitrogens is 1. The Bertz CT molecular complexity index is 422. The molecule has 0 aromatic carbocycles. The Morgan fingerprint density at radius 1 is 1.23 bits per heavy atom. The number of rotatable bonds is 9. The Balaban J connectivity index is 1.55. The van der Waals surface area contributed by atoms with Crippen molar-refractivity contribution in [2.45, 2.75) is 57.9 Å². The van der Waals surface area contributed by atoms with Crippen molar-refractivity contribution in [3.05, 3.63) is 36.5 Å². The summed E-state index contributed by atoms with van der Waals surface area (Å²) < 4.78 is 0. The molecule has 0 aliphatic heterocycles. The van der Waals surface area contributed by atoms with Gasteiger partial charge in [-0.25, -0.2) is 4.98 Å². The third-order valence-corrected chi connectivity index (χ3v) is 4.56. The summed E-state index contributed by atoms with van der Waals surface area (Å²) in [5.41, 5.74) is 1.46. The Kier molecular flexibility index (Phi) is 7.44. The van der Waals surface area contributed by atoms with Crippen molar-refractivity contribution in [3.63, 3.8) is 0 Å². The van der Waals surface area contributed by atoms with Gasteiger partial charge in [-0.3, -0.25) is 0 Å². The summed E-state index contributed by atoms with van der Waals surface area (Å²) in [6.07, 6.45) is 10.9. The summed E-state index contributed by atoms with van der Waals surface area (Å²) in [6, 6.07) is 6.66. The van der Waals surface area contributed by atoms with Crippen molar-refractivity contribution in [2.75, 3.05) is 18.4 Å². The lowest BCUT2D eigenvalue weighted by molar-refractivity contribution is 0.291. The van der Waals surface area contributed by atoms with Gasteiger partial charge in [0, 0.05) is 25.3 Å². The molecule has 1 aliphatic carbocycles. The monoisotopic (exact) mass is 301 g/mol. The van der Waals surface area contributed by atoms with Crippen LogP contribution < -0.4 is 10.6 Å². The van der Waals surface area contributed by atoms with Crippen LogP contribution >= 0.6 is 0 Å². The zero-order chi connectivity index (χ0) is 15.6. The van der Waals surface area contributed by atoms with Crippen LogP contribution in [0.15, 0.2) is 36.5 Å². The highest BCUT2D eigenvalue weighted by atomic mass is 15.0.